The Kier molecular flexibility index (Phi) is 2.98. The van der Waals surface area contributed by atoms with Crippen molar-refractivity contribution in [2.75, 3.05) is 6.61 Å². The number of hydrogen-bond acceptors (Lipinski definition) is 4. The third-order valence-electron chi connectivity index (χ3n) is 1.92. The summed E-state index contributed by atoms with van der Waals surface area (Å²) in [4.78, 5) is 15.5. The van der Waals surface area contributed by atoms with Crippen LogP contribution in [0, 0.1) is 0 Å². The van der Waals surface area contributed by atoms with E-state index < -0.39 is 5.97 Å². The molecule has 2 aromatic rings. The Hall–Kier alpha value is -1.33. The maximum absolute atomic E-state index is 11.5. The molecule has 0 saturated carbocycles. The number of fused-ring (bicyclic) bond motifs is 1. The van der Waals surface area contributed by atoms with Crippen molar-refractivity contribution in [1.29, 1.82) is 0 Å². The van der Waals surface area contributed by atoms with Crippen molar-refractivity contribution in [1.82, 2.24) is 14.6 Å². The second-order valence-electron chi connectivity index (χ2n) is 2.91. The fraction of sp³-hybridized carbons (Fsp3) is 0.222. The minimum absolute atomic E-state index is 0.135. The number of carbonyl (C=O) groups excluding carboxylic acids is 1. The van der Waals surface area contributed by atoms with Gasteiger partial charge < -0.3 is 4.74 Å². The van der Waals surface area contributed by atoms with Crippen LogP contribution in [0.2, 0.25) is 10.2 Å². The van der Waals surface area contributed by atoms with Crippen molar-refractivity contribution in [2.45, 2.75) is 6.92 Å². The number of hydrogen-bond donors (Lipinski definition) is 0. The molecule has 16 heavy (non-hydrogen) atoms. The summed E-state index contributed by atoms with van der Waals surface area (Å²) in [6.07, 6.45) is 2.73. The van der Waals surface area contributed by atoms with Gasteiger partial charge in [0.05, 0.1) is 12.8 Å². The molecule has 2 heterocycles. The molecule has 0 aliphatic heterocycles. The van der Waals surface area contributed by atoms with Crippen LogP contribution in [0.3, 0.4) is 0 Å². The molecule has 7 heteroatoms. The van der Waals surface area contributed by atoms with Crippen molar-refractivity contribution in [3.05, 3.63) is 28.1 Å². The number of rotatable bonds is 2. The highest BCUT2D eigenvalue weighted by Gasteiger charge is 2.16. The van der Waals surface area contributed by atoms with Gasteiger partial charge in [-0.1, -0.05) is 23.2 Å². The molecule has 0 unspecified atom stereocenters. The van der Waals surface area contributed by atoms with Gasteiger partial charge in [-0.25, -0.2) is 14.3 Å². The van der Waals surface area contributed by atoms with Crippen molar-refractivity contribution in [2.24, 2.45) is 0 Å². The standard InChI is InChI=1S/C9H7Cl2N3O2/c1-2-16-9(15)5-3-12-8-6(10)4-13-14(8)7(5)11/h3-4H,2H2,1H3. The molecule has 0 atom stereocenters. The first-order chi connectivity index (χ1) is 7.65. The number of aromatic nitrogens is 3. The zero-order chi connectivity index (χ0) is 11.7. The molecular formula is C9H7Cl2N3O2. The molecule has 0 aliphatic carbocycles. The predicted octanol–water partition coefficient (Wildman–Crippen LogP) is 2.21. The van der Waals surface area contributed by atoms with Gasteiger partial charge in [0.2, 0.25) is 0 Å². The third kappa shape index (κ3) is 1.72. The lowest BCUT2D eigenvalue weighted by Crippen LogP contribution is -2.08. The topological polar surface area (TPSA) is 56.5 Å². The van der Waals surface area contributed by atoms with Crippen LogP contribution in [-0.2, 0) is 4.74 Å². The van der Waals surface area contributed by atoms with Gasteiger partial charge >= 0.3 is 5.97 Å². The zero-order valence-corrected chi connectivity index (χ0v) is 9.79. The predicted molar refractivity (Wildman–Crippen MR) is 59.0 cm³/mol. The summed E-state index contributed by atoms with van der Waals surface area (Å²) in [5.74, 6) is -0.534. The molecule has 0 saturated heterocycles. The average molecular weight is 260 g/mol. The first-order valence-corrected chi connectivity index (χ1v) is 5.25. The van der Waals surface area contributed by atoms with E-state index in [1.54, 1.807) is 6.92 Å². The first-order valence-electron chi connectivity index (χ1n) is 4.50. The number of halogens is 2. The molecule has 2 aromatic heterocycles. The van der Waals surface area contributed by atoms with Gasteiger partial charge in [0.15, 0.2) is 5.65 Å². The molecule has 2 rings (SSSR count). The van der Waals surface area contributed by atoms with E-state index in [-0.39, 0.29) is 17.3 Å². The van der Waals surface area contributed by atoms with E-state index in [4.69, 9.17) is 27.9 Å². The average Bonchev–Trinajstić information content (AvgIpc) is 2.62. The Morgan fingerprint density at radius 3 is 2.94 bits per heavy atom. The molecule has 0 aromatic carbocycles. The number of esters is 1. The molecule has 0 radical (unpaired) electrons. The molecule has 0 bridgehead atoms. The second kappa shape index (κ2) is 4.27. The lowest BCUT2D eigenvalue weighted by Gasteiger charge is -2.04. The Balaban J connectivity index is 2.56. The molecular weight excluding hydrogens is 253 g/mol. The van der Waals surface area contributed by atoms with Crippen molar-refractivity contribution in [3.63, 3.8) is 0 Å². The van der Waals surface area contributed by atoms with Gasteiger partial charge in [0.1, 0.15) is 15.7 Å². The summed E-state index contributed by atoms with van der Waals surface area (Å²) in [5.41, 5.74) is 0.565. The van der Waals surface area contributed by atoms with E-state index in [1.807, 2.05) is 0 Å². The molecule has 0 N–H and O–H groups in total. The van der Waals surface area contributed by atoms with Crippen LogP contribution < -0.4 is 0 Å². The summed E-state index contributed by atoms with van der Waals surface area (Å²) in [7, 11) is 0. The fourth-order valence-electron chi connectivity index (χ4n) is 1.22. The maximum atomic E-state index is 11.5. The zero-order valence-electron chi connectivity index (χ0n) is 8.28. The Morgan fingerprint density at radius 2 is 2.25 bits per heavy atom. The molecule has 84 valence electrons. The number of ether oxygens (including phenoxy) is 1. The normalized spacial score (nSPS) is 10.7. The van der Waals surface area contributed by atoms with E-state index in [0.29, 0.717) is 10.7 Å². The van der Waals surface area contributed by atoms with Crippen LogP contribution in [0.4, 0.5) is 0 Å². The largest absolute Gasteiger partial charge is 0.462 e. The number of carbonyl (C=O) groups is 1. The van der Waals surface area contributed by atoms with Crippen LogP contribution in [0.1, 0.15) is 17.3 Å². The highest BCUT2D eigenvalue weighted by Crippen LogP contribution is 2.21. The van der Waals surface area contributed by atoms with Crippen molar-refractivity contribution < 1.29 is 9.53 Å². The second-order valence-corrected chi connectivity index (χ2v) is 3.68. The summed E-state index contributed by atoms with van der Waals surface area (Å²) < 4.78 is 6.11. The van der Waals surface area contributed by atoms with Crippen LogP contribution >= 0.6 is 23.2 Å². The van der Waals surface area contributed by atoms with Crippen molar-refractivity contribution in [3.8, 4) is 0 Å². The minimum atomic E-state index is -0.534. The lowest BCUT2D eigenvalue weighted by molar-refractivity contribution is 0.0525. The minimum Gasteiger partial charge on any atom is -0.462 e. The molecule has 0 fully saturated rings. The first kappa shape index (κ1) is 11.2. The smallest absolute Gasteiger partial charge is 0.342 e. The van der Waals surface area contributed by atoms with Crippen molar-refractivity contribution >= 4 is 34.8 Å². The van der Waals surface area contributed by atoms with Gasteiger partial charge in [0.25, 0.3) is 0 Å². The van der Waals surface area contributed by atoms with E-state index in [1.165, 1.54) is 16.9 Å². The third-order valence-corrected chi connectivity index (χ3v) is 2.55. The molecule has 0 aliphatic rings. The molecule has 5 nitrogen and oxygen atoms in total. The SMILES string of the molecule is CCOC(=O)c1cnc2c(Cl)cnn2c1Cl. The van der Waals surface area contributed by atoms with E-state index in [2.05, 4.69) is 10.1 Å². The van der Waals surface area contributed by atoms with Gasteiger partial charge in [0, 0.05) is 6.20 Å². The molecule has 0 spiro atoms. The summed E-state index contributed by atoms with van der Waals surface area (Å²) in [6.45, 7) is 1.98. The van der Waals surface area contributed by atoms with E-state index in [9.17, 15) is 4.79 Å². The van der Waals surface area contributed by atoms with Crippen LogP contribution in [0.15, 0.2) is 12.4 Å². The van der Waals surface area contributed by atoms with Gasteiger partial charge in [-0.15, -0.1) is 0 Å². The summed E-state index contributed by atoms with van der Waals surface area (Å²) in [6, 6.07) is 0. The fourth-order valence-corrected chi connectivity index (χ4v) is 1.64. The van der Waals surface area contributed by atoms with Gasteiger partial charge in [-0.3, -0.25) is 0 Å². The maximum Gasteiger partial charge on any atom is 0.342 e. The van der Waals surface area contributed by atoms with Gasteiger partial charge in [-0.2, -0.15) is 5.10 Å². The quantitative estimate of drug-likeness (QED) is 0.613. The number of nitrogens with zero attached hydrogens (tertiary/aromatic N) is 3. The Labute approximate surface area is 101 Å². The monoisotopic (exact) mass is 259 g/mol. The Morgan fingerprint density at radius 1 is 1.50 bits per heavy atom. The summed E-state index contributed by atoms with van der Waals surface area (Å²) in [5, 5.41) is 4.41. The van der Waals surface area contributed by atoms with E-state index in [0.717, 1.165) is 0 Å². The lowest BCUT2D eigenvalue weighted by atomic mass is 10.3. The Bertz CT molecular complexity index is 553. The highest BCUT2D eigenvalue weighted by molar-refractivity contribution is 6.35. The van der Waals surface area contributed by atoms with E-state index >= 15 is 0 Å². The van der Waals surface area contributed by atoms with Crippen LogP contribution in [0.25, 0.3) is 5.65 Å². The molecule has 0 amide bonds. The highest BCUT2D eigenvalue weighted by atomic mass is 35.5. The van der Waals surface area contributed by atoms with Crippen LogP contribution in [-0.4, -0.2) is 27.2 Å². The van der Waals surface area contributed by atoms with Gasteiger partial charge in [-0.05, 0) is 6.92 Å². The summed E-state index contributed by atoms with van der Waals surface area (Å²) >= 11 is 11.8. The van der Waals surface area contributed by atoms with Crippen LogP contribution in [0.5, 0.6) is 0 Å².